The smallest absolute Gasteiger partial charge is 0.250 e. The Morgan fingerprint density at radius 1 is 1.24 bits per heavy atom. The summed E-state index contributed by atoms with van der Waals surface area (Å²) in [6.07, 6.45) is 0. The van der Waals surface area contributed by atoms with Gasteiger partial charge < -0.3 is 15.1 Å². The molecule has 1 heterocycles. The first-order chi connectivity index (χ1) is 10.1. The highest BCUT2D eigenvalue weighted by molar-refractivity contribution is 8.00. The van der Waals surface area contributed by atoms with Gasteiger partial charge in [0.25, 0.3) is 0 Å². The number of benzene rings is 1. The monoisotopic (exact) mass is 304 g/mol. The molecule has 2 rings (SSSR count). The van der Waals surface area contributed by atoms with Gasteiger partial charge in [-0.05, 0) is 50.1 Å². The molecule has 1 aromatic heterocycles. The lowest BCUT2D eigenvalue weighted by Crippen LogP contribution is -2.15. The molecule has 7 heteroatoms. The third-order valence-corrected chi connectivity index (χ3v) is 3.34. The minimum atomic E-state index is -0.523. The molecule has 0 aliphatic heterocycles. The third kappa shape index (κ3) is 4.73. The second-order valence-electron chi connectivity index (χ2n) is 4.38. The molecule has 2 aromatic rings. The fraction of sp³-hybridized carbons (Fsp3) is 0.214. The molecule has 0 unspecified atom stereocenters. The fourth-order valence-electron chi connectivity index (χ4n) is 1.69. The quantitative estimate of drug-likeness (QED) is 0.734. The van der Waals surface area contributed by atoms with Crippen LogP contribution in [0.3, 0.4) is 0 Å². The van der Waals surface area contributed by atoms with Gasteiger partial charge in [-0.2, -0.15) is 0 Å². The first kappa shape index (κ1) is 15.3. The van der Waals surface area contributed by atoms with Crippen LogP contribution in [0.1, 0.15) is 11.5 Å². The van der Waals surface area contributed by atoms with Crippen LogP contribution in [-0.2, 0) is 4.79 Å². The van der Waals surface area contributed by atoms with E-state index in [1.807, 2.05) is 32.0 Å². The second kappa shape index (κ2) is 7.05. The molecule has 0 fully saturated rings. The zero-order valence-corrected chi connectivity index (χ0v) is 12.6. The summed E-state index contributed by atoms with van der Waals surface area (Å²) in [6, 6.07) is 9.15. The van der Waals surface area contributed by atoms with Gasteiger partial charge in [0, 0.05) is 22.3 Å². The number of hydrogen-bond acceptors (Lipinski definition) is 6. The van der Waals surface area contributed by atoms with Crippen molar-refractivity contribution in [1.29, 1.82) is 0 Å². The molecule has 0 radical (unpaired) electrons. The summed E-state index contributed by atoms with van der Waals surface area (Å²) in [5.41, 5.74) is 1.56. The third-order valence-electron chi connectivity index (χ3n) is 2.52. The van der Waals surface area contributed by atoms with E-state index >= 15 is 0 Å². The van der Waals surface area contributed by atoms with Crippen LogP contribution in [0, 0.1) is 13.8 Å². The Bertz CT molecular complexity index is 611. The largest absolute Gasteiger partial charge is 0.387 e. The number of nitrogens with zero attached hydrogens (tertiary/aromatic N) is 2. The van der Waals surface area contributed by atoms with Gasteiger partial charge in [-0.25, -0.2) is 9.97 Å². The molecule has 3 N–H and O–H groups in total. The number of nitrogens with one attached hydrogen (secondary N) is 2. The van der Waals surface area contributed by atoms with Crippen molar-refractivity contribution in [3.63, 3.8) is 0 Å². The number of aliphatic hydroxyl groups is 1. The first-order valence-electron chi connectivity index (χ1n) is 6.33. The van der Waals surface area contributed by atoms with Gasteiger partial charge in [-0.1, -0.05) is 0 Å². The van der Waals surface area contributed by atoms with Gasteiger partial charge in [0.1, 0.15) is 18.2 Å². The topological polar surface area (TPSA) is 87.1 Å². The standard InChI is InChI=1S/C14H16N4O2S/c1-9-7-13(16-10(2)15-9)18-21-12-5-3-11(4-6-12)17-14(20)8-19/h3-7,19H,8H2,1-2H3,(H,17,20)(H,15,16,18). The minimum absolute atomic E-state index is 0.430. The SMILES string of the molecule is Cc1cc(NSc2ccc(NC(=O)CO)cc2)nc(C)n1. The Hall–Kier alpha value is -2.12. The van der Waals surface area contributed by atoms with Crippen LogP contribution in [0.2, 0.25) is 0 Å². The van der Waals surface area contributed by atoms with Crippen LogP contribution in [-0.4, -0.2) is 27.6 Å². The van der Waals surface area contributed by atoms with E-state index in [0.29, 0.717) is 5.69 Å². The second-order valence-corrected chi connectivity index (χ2v) is 5.26. The lowest BCUT2D eigenvalue weighted by Gasteiger charge is -2.07. The van der Waals surface area contributed by atoms with E-state index in [0.717, 1.165) is 22.2 Å². The molecule has 0 spiro atoms. The number of aliphatic hydroxyl groups excluding tert-OH is 1. The number of aromatic nitrogens is 2. The summed E-state index contributed by atoms with van der Waals surface area (Å²) >= 11 is 1.42. The van der Waals surface area contributed by atoms with Gasteiger partial charge in [-0.3, -0.25) is 4.79 Å². The number of anilines is 2. The predicted molar refractivity (Wildman–Crippen MR) is 83.1 cm³/mol. The van der Waals surface area contributed by atoms with E-state index in [2.05, 4.69) is 20.0 Å². The van der Waals surface area contributed by atoms with Crippen molar-refractivity contribution in [3.8, 4) is 0 Å². The van der Waals surface area contributed by atoms with Crippen LogP contribution < -0.4 is 10.0 Å². The van der Waals surface area contributed by atoms with Crippen molar-refractivity contribution in [2.24, 2.45) is 0 Å². The van der Waals surface area contributed by atoms with Crippen molar-refractivity contribution >= 4 is 29.4 Å². The van der Waals surface area contributed by atoms with Gasteiger partial charge in [-0.15, -0.1) is 0 Å². The molecule has 1 amide bonds. The van der Waals surface area contributed by atoms with E-state index in [4.69, 9.17) is 5.11 Å². The Morgan fingerprint density at radius 3 is 2.57 bits per heavy atom. The molecule has 110 valence electrons. The summed E-state index contributed by atoms with van der Waals surface area (Å²) in [4.78, 5) is 20.5. The summed E-state index contributed by atoms with van der Waals surface area (Å²) in [5, 5.41) is 11.2. The Labute approximate surface area is 127 Å². The average molecular weight is 304 g/mol. The Kier molecular flexibility index (Phi) is 5.13. The summed E-state index contributed by atoms with van der Waals surface area (Å²) in [7, 11) is 0. The molecule has 21 heavy (non-hydrogen) atoms. The molecular weight excluding hydrogens is 288 g/mol. The van der Waals surface area contributed by atoms with E-state index < -0.39 is 12.5 Å². The fourth-order valence-corrected chi connectivity index (χ4v) is 2.29. The van der Waals surface area contributed by atoms with Gasteiger partial charge in [0.05, 0.1) is 0 Å². The van der Waals surface area contributed by atoms with Crippen LogP contribution in [0.15, 0.2) is 35.2 Å². The predicted octanol–water partition coefficient (Wildman–Crippen LogP) is 2.14. The van der Waals surface area contributed by atoms with Gasteiger partial charge >= 0.3 is 0 Å². The number of carbonyl (C=O) groups is 1. The average Bonchev–Trinajstić information content (AvgIpc) is 2.45. The Morgan fingerprint density at radius 2 is 1.95 bits per heavy atom. The van der Waals surface area contributed by atoms with Crippen LogP contribution >= 0.6 is 11.9 Å². The van der Waals surface area contributed by atoms with Crippen molar-refractivity contribution in [1.82, 2.24) is 9.97 Å². The highest BCUT2D eigenvalue weighted by Gasteiger charge is 2.02. The highest BCUT2D eigenvalue weighted by atomic mass is 32.2. The zero-order chi connectivity index (χ0) is 15.2. The molecule has 0 aliphatic carbocycles. The van der Waals surface area contributed by atoms with Gasteiger partial charge in [0.2, 0.25) is 5.91 Å². The lowest BCUT2D eigenvalue weighted by atomic mass is 10.3. The molecule has 0 bridgehead atoms. The van der Waals surface area contributed by atoms with Crippen molar-refractivity contribution < 1.29 is 9.90 Å². The number of amides is 1. The van der Waals surface area contributed by atoms with Crippen molar-refractivity contribution in [3.05, 3.63) is 41.9 Å². The number of hydrogen-bond donors (Lipinski definition) is 3. The zero-order valence-electron chi connectivity index (χ0n) is 11.8. The highest BCUT2D eigenvalue weighted by Crippen LogP contribution is 2.22. The minimum Gasteiger partial charge on any atom is -0.387 e. The molecule has 6 nitrogen and oxygen atoms in total. The molecule has 0 atom stereocenters. The van der Waals surface area contributed by atoms with E-state index in [1.54, 1.807) is 12.1 Å². The summed E-state index contributed by atoms with van der Waals surface area (Å²) < 4.78 is 3.15. The number of aryl methyl sites for hydroxylation is 2. The molecule has 1 aromatic carbocycles. The van der Waals surface area contributed by atoms with E-state index in [1.165, 1.54) is 11.9 Å². The van der Waals surface area contributed by atoms with Crippen LogP contribution in [0.5, 0.6) is 0 Å². The first-order valence-corrected chi connectivity index (χ1v) is 7.14. The summed E-state index contributed by atoms with van der Waals surface area (Å²) in [5.74, 6) is 1.04. The summed E-state index contributed by atoms with van der Waals surface area (Å²) in [6.45, 7) is 3.25. The van der Waals surface area contributed by atoms with Crippen molar-refractivity contribution in [2.45, 2.75) is 18.7 Å². The molecule has 0 saturated carbocycles. The number of rotatable bonds is 5. The molecule has 0 saturated heterocycles. The Balaban J connectivity index is 1.95. The normalized spacial score (nSPS) is 10.2. The van der Waals surface area contributed by atoms with E-state index in [9.17, 15) is 4.79 Å². The van der Waals surface area contributed by atoms with Crippen LogP contribution in [0.25, 0.3) is 0 Å². The lowest BCUT2D eigenvalue weighted by molar-refractivity contribution is -0.118. The maximum Gasteiger partial charge on any atom is 0.250 e. The molecule has 0 aliphatic rings. The maximum atomic E-state index is 11.0. The molecular formula is C14H16N4O2S. The van der Waals surface area contributed by atoms with E-state index in [-0.39, 0.29) is 0 Å². The van der Waals surface area contributed by atoms with Crippen molar-refractivity contribution in [2.75, 3.05) is 16.6 Å². The number of carbonyl (C=O) groups excluding carboxylic acids is 1. The van der Waals surface area contributed by atoms with Gasteiger partial charge in [0.15, 0.2) is 0 Å². The van der Waals surface area contributed by atoms with Crippen LogP contribution in [0.4, 0.5) is 11.5 Å². The maximum absolute atomic E-state index is 11.0.